The predicted molar refractivity (Wildman–Crippen MR) is 92.1 cm³/mol. The van der Waals surface area contributed by atoms with E-state index in [1.807, 2.05) is 0 Å². The number of hydrogen-bond acceptors (Lipinski definition) is 4. The summed E-state index contributed by atoms with van der Waals surface area (Å²) < 4.78 is 66.9. The molecule has 1 heterocycles. The zero-order valence-corrected chi connectivity index (χ0v) is 14.4. The lowest BCUT2D eigenvalue weighted by atomic mass is 10.1. The van der Waals surface area contributed by atoms with Gasteiger partial charge in [-0.25, -0.2) is 13.4 Å². The summed E-state index contributed by atoms with van der Waals surface area (Å²) in [4.78, 5) is 4.36. The maximum atomic E-state index is 12.5. The largest absolute Gasteiger partial charge is 0.437 e. The van der Waals surface area contributed by atoms with Gasteiger partial charge in [0.05, 0.1) is 16.2 Å². The number of sulfone groups is 1. The maximum Gasteiger partial charge on any atom is 0.416 e. The highest BCUT2D eigenvalue weighted by Crippen LogP contribution is 2.29. The molecule has 0 bridgehead atoms. The number of nitrogens with zero attached hydrogens (tertiary/aromatic N) is 1. The van der Waals surface area contributed by atoms with E-state index >= 15 is 0 Å². The Hall–Kier alpha value is -2.61. The Bertz CT molecular complexity index is 1070. The summed E-state index contributed by atoms with van der Waals surface area (Å²) in [5.41, 5.74) is 0.648. The summed E-state index contributed by atoms with van der Waals surface area (Å²) in [5, 5.41) is 0. The molecule has 0 atom stereocenters. The molecule has 0 aliphatic carbocycles. The lowest BCUT2D eigenvalue weighted by Crippen LogP contribution is -2.03. The van der Waals surface area contributed by atoms with Crippen LogP contribution in [0, 0.1) is 0 Å². The van der Waals surface area contributed by atoms with Gasteiger partial charge in [-0.1, -0.05) is 19.1 Å². The SMILES string of the molecule is CCS(=O)(=O)c1ccc2oc(/C=C/c3ccc(C(F)(F)F)cc3)nc2c1. The van der Waals surface area contributed by atoms with Crippen molar-refractivity contribution >= 4 is 33.1 Å². The van der Waals surface area contributed by atoms with Crippen molar-refractivity contribution in [3.63, 3.8) is 0 Å². The van der Waals surface area contributed by atoms with Crippen LogP contribution in [0.15, 0.2) is 51.8 Å². The Morgan fingerprint density at radius 1 is 1.08 bits per heavy atom. The molecule has 0 N–H and O–H groups in total. The number of aromatic nitrogens is 1. The summed E-state index contributed by atoms with van der Waals surface area (Å²) in [6.45, 7) is 1.56. The number of fused-ring (bicyclic) bond motifs is 1. The van der Waals surface area contributed by atoms with Crippen LogP contribution in [0.1, 0.15) is 23.9 Å². The Morgan fingerprint density at radius 3 is 2.38 bits per heavy atom. The van der Waals surface area contributed by atoms with E-state index in [0.717, 1.165) is 12.1 Å². The second-order valence-corrected chi connectivity index (χ2v) is 7.82. The molecule has 0 aliphatic rings. The van der Waals surface area contributed by atoms with Gasteiger partial charge in [0.2, 0.25) is 5.89 Å². The Morgan fingerprint density at radius 2 is 1.77 bits per heavy atom. The van der Waals surface area contributed by atoms with Crippen LogP contribution >= 0.6 is 0 Å². The van der Waals surface area contributed by atoms with E-state index < -0.39 is 21.6 Å². The third-order valence-electron chi connectivity index (χ3n) is 3.77. The van der Waals surface area contributed by atoms with Crippen LogP contribution in [0.3, 0.4) is 0 Å². The number of benzene rings is 2. The highest BCUT2D eigenvalue weighted by atomic mass is 32.2. The topological polar surface area (TPSA) is 60.2 Å². The minimum absolute atomic E-state index is 0.0168. The minimum Gasteiger partial charge on any atom is -0.437 e. The Labute approximate surface area is 147 Å². The molecule has 0 spiro atoms. The smallest absolute Gasteiger partial charge is 0.416 e. The molecule has 26 heavy (non-hydrogen) atoms. The highest BCUT2D eigenvalue weighted by Gasteiger charge is 2.29. The first kappa shape index (κ1) is 18.2. The molecule has 0 amide bonds. The molecule has 136 valence electrons. The molecule has 3 aromatic rings. The molecule has 4 nitrogen and oxygen atoms in total. The summed E-state index contributed by atoms with van der Waals surface area (Å²) in [5.74, 6) is 0.211. The zero-order chi connectivity index (χ0) is 18.9. The van der Waals surface area contributed by atoms with Gasteiger partial charge in [-0.05, 0) is 42.0 Å². The van der Waals surface area contributed by atoms with E-state index in [9.17, 15) is 21.6 Å². The van der Waals surface area contributed by atoms with Gasteiger partial charge in [0, 0.05) is 6.08 Å². The Balaban J connectivity index is 1.86. The molecule has 1 aromatic heterocycles. The van der Waals surface area contributed by atoms with Gasteiger partial charge in [0.15, 0.2) is 15.4 Å². The highest BCUT2D eigenvalue weighted by molar-refractivity contribution is 7.91. The average molecular weight is 381 g/mol. The van der Waals surface area contributed by atoms with E-state index in [1.165, 1.54) is 36.4 Å². The van der Waals surface area contributed by atoms with Crippen molar-refractivity contribution in [2.24, 2.45) is 0 Å². The van der Waals surface area contributed by atoms with E-state index in [2.05, 4.69) is 4.98 Å². The van der Waals surface area contributed by atoms with Gasteiger partial charge in [0.1, 0.15) is 5.52 Å². The van der Waals surface area contributed by atoms with Gasteiger partial charge in [-0.15, -0.1) is 0 Å². The van der Waals surface area contributed by atoms with Crippen LogP contribution in [-0.4, -0.2) is 19.2 Å². The van der Waals surface area contributed by atoms with Crippen LogP contribution in [0.2, 0.25) is 0 Å². The van der Waals surface area contributed by atoms with Crippen molar-refractivity contribution in [3.8, 4) is 0 Å². The first-order valence-corrected chi connectivity index (χ1v) is 9.33. The van der Waals surface area contributed by atoms with Crippen molar-refractivity contribution in [3.05, 3.63) is 59.5 Å². The molecule has 0 saturated heterocycles. The Kier molecular flexibility index (Phi) is 4.62. The molecule has 8 heteroatoms. The molecule has 3 rings (SSSR count). The fourth-order valence-corrected chi connectivity index (χ4v) is 3.21. The average Bonchev–Trinajstić information content (AvgIpc) is 3.01. The van der Waals surface area contributed by atoms with Crippen LogP contribution < -0.4 is 0 Å². The van der Waals surface area contributed by atoms with E-state index in [-0.39, 0.29) is 16.5 Å². The second-order valence-electron chi connectivity index (χ2n) is 5.54. The van der Waals surface area contributed by atoms with E-state index in [0.29, 0.717) is 16.7 Å². The van der Waals surface area contributed by atoms with Gasteiger partial charge in [0.25, 0.3) is 0 Å². The van der Waals surface area contributed by atoms with E-state index in [1.54, 1.807) is 13.0 Å². The summed E-state index contributed by atoms with van der Waals surface area (Å²) >= 11 is 0. The van der Waals surface area contributed by atoms with Crippen molar-refractivity contribution in [1.82, 2.24) is 4.98 Å². The third-order valence-corrected chi connectivity index (χ3v) is 5.50. The lowest BCUT2D eigenvalue weighted by Gasteiger charge is -2.05. The molecule has 0 fully saturated rings. The van der Waals surface area contributed by atoms with Crippen LogP contribution in [0.5, 0.6) is 0 Å². The number of rotatable bonds is 4. The monoisotopic (exact) mass is 381 g/mol. The number of halogens is 3. The number of oxazole rings is 1. The van der Waals surface area contributed by atoms with Crippen LogP contribution in [0.25, 0.3) is 23.3 Å². The number of hydrogen-bond donors (Lipinski definition) is 0. The molecule has 0 aliphatic heterocycles. The van der Waals surface area contributed by atoms with Gasteiger partial charge in [-0.3, -0.25) is 0 Å². The lowest BCUT2D eigenvalue weighted by molar-refractivity contribution is -0.137. The predicted octanol–water partition coefficient (Wildman–Crippen LogP) is 4.81. The fourth-order valence-electron chi connectivity index (χ4n) is 2.31. The zero-order valence-electron chi connectivity index (χ0n) is 13.6. The minimum atomic E-state index is -4.38. The van der Waals surface area contributed by atoms with Crippen molar-refractivity contribution in [2.75, 3.05) is 5.75 Å². The quantitative estimate of drug-likeness (QED) is 0.651. The standard InChI is InChI=1S/C18H14F3NO3S/c1-2-26(23,24)14-8-9-16-15(11-14)22-17(25-16)10-5-12-3-6-13(7-4-12)18(19,20)21/h3-11H,2H2,1H3/b10-5+. The van der Waals surface area contributed by atoms with Crippen molar-refractivity contribution in [1.29, 1.82) is 0 Å². The second kappa shape index (κ2) is 6.60. The van der Waals surface area contributed by atoms with Crippen LogP contribution in [0.4, 0.5) is 13.2 Å². The first-order valence-electron chi connectivity index (χ1n) is 7.68. The summed E-state index contributed by atoms with van der Waals surface area (Å²) in [6.07, 6.45) is -1.30. The van der Waals surface area contributed by atoms with Crippen LogP contribution in [-0.2, 0) is 16.0 Å². The summed E-state index contributed by atoms with van der Waals surface area (Å²) in [6, 6.07) is 9.09. The maximum absolute atomic E-state index is 12.5. The first-order chi connectivity index (χ1) is 12.2. The molecule has 0 unspecified atom stereocenters. The molecule has 2 aromatic carbocycles. The molecule has 0 saturated carbocycles. The van der Waals surface area contributed by atoms with E-state index in [4.69, 9.17) is 4.42 Å². The van der Waals surface area contributed by atoms with Crippen molar-refractivity contribution < 1.29 is 26.0 Å². The van der Waals surface area contributed by atoms with Gasteiger partial charge in [-0.2, -0.15) is 13.2 Å². The van der Waals surface area contributed by atoms with Gasteiger partial charge >= 0.3 is 6.18 Å². The molecular weight excluding hydrogens is 367 g/mol. The summed E-state index contributed by atoms with van der Waals surface area (Å²) in [7, 11) is -3.34. The fraction of sp³-hybridized carbons (Fsp3) is 0.167. The molecule has 0 radical (unpaired) electrons. The van der Waals surface area contributed by atoms with Gasteiger partial charge < -0.3 is 4.42 Å². The normalized spacial score (nSPS) is 12.9. The number of alkyl halides is 3. The van der Waals surface area contributed by atoms with Crippen molar-refractivity contribution in [2.45, 2.75) is 18.0 Å². The third kappa shape index (κ3) is 3.80. The molecular formula is C18H14F3NO3S.